The highest BCUT2D eigenvalue weighted by Crippen LogP contribution is 2.61. The maximum atomic E-state index is 11.0. The zero-order chi connectivity index (χ0) is 13.7. The number of aliphatic hydroxyl groups is 1. The first kappa shape index (κ1) is 12.9. The Morgan fingerprint density at radius 3 is 2.15 bits per heavy atom. The summed E-state index contributed by atoms with van der Waals surface area (Å²) in [6, 6.07) is 8.56. The normalized spacial score (nSPS) is 40.0. The Morgan fingerprint density at radius 2 is 1.60 bits per heavy atom. The van der Waals surface area contributed by atoms with Crippen molar-refractivity contribution in [2.24, 2.45) is 23.2 Å². The van der Waals surface area contributed by atoms with Gasteiger partial charge in [-0.1, -0.05) is 24.3 Å². The van der Waals surface area contributed by atoms with Crippen LogP contribution in [0, 0.1) is 30.1 Å². The van der Waals surface area contributed by atoms with Crippen molar-refractivity contribution in [3.63, 3.8) is 0 Å². The standard InChI is InChI=1S/C19H26O/c1-13-4-2-3-5-17(13)9-18(20)19-10-14-6-15(11-19)8-16(7-14)12-19/h2-5,14-16,18,20H,6-12H2,1H3. The molecule has 5 rings (SSSR count). The molecule has 0 aromatic heterocycles. The minimum absolute atomic E-state index is 0.128. The van der Waals surface area contributed by atoms with E-state index >= 15 is 0 Å². The number of hydrogen-bond acceptors (Lipinski definition) is 1. The molecular formula is C19H26O. The van der Waals surface area contributed by atoms with Crippen LogP contribution in [0.5, 0.6) is 0 Å². The van der Waals surface area contributed by atoms with Crippen molar-refractivity contribution in [2.45, 2.75) is 58.0 Å². The third-order valence-corrected chi connectivity index (χ3v) is 6.47. The van der Waals surface area contributed by atoms with Crippen molar-refractivity contribution >= 4 is 0 Å². The molecule has 4 bridgehead atoms. The average Bonchev–Trinajstić information content (AvgIpc) is 2.40. The van der Waals surface area contributed by atoms with Gasteiger partial charge in [-0.05, 0) is 86.2 Å². The van der Waals surface area contributed by atoms with Gasteiger partial charge < -0.3 is 5.11 Å². The SMILES string of the molecule is Cc1ccccc1CC(O)C12CC3CC(CC(C3)C1)C2. The van der Waals surface area contributed by atoms with E-state index in [1.54, 1.807) is 0 Å². The zero-order valence-corrected chi connectivity index (χ0v) is 12.5. The first-order valence-corrected chi connectivity index (χ1v) is 8.37. The second-order valence-electron chi connectivity index (χ2n) is 7.93. The van der Waals surface area contributed by atoms with Gasteiger partial charge in [-0.15, -0.1) is 0 Å². The molecule has 0 aliphatic heterocycles. The Balaban J connectivity index is 1.56. The predicted molar refractivity (Wildman–Crippen MR) is 81.5 cm³/mol. The van der Waals surface area contributed by atoms with E-state index in [0.717, 1.165) is 24.2 Å². The van der Waals surface area contributed by atoms with Crippen LogP contribution in [0.15, 0.2) is 24.3 Å². The van der Waals surface area contributed by atoms with Crippen LogP contribution < -0.4 is 0 Å². The van der Waals surface area contributed by atoms with E-state index in [2.05, 4.69) is 31.2 Å². The highest BCUT2D eigenvalue weighted by Gasteiger charge is 2.53. The molecule has 1 unspecified atom stereocenters. The summed E-state index contributed by atoms with van der Waals surface area (Å²) in [5.41, 5.74) is 2.93. The van der Waals surface area contributed by atoms with Gasteiger partial charge in [-0.3, -0.25) is 0 Å². The first-order chi connectivity index (χ1) is 9.64. The molecular weight excluding hydrogens is 244 g/mol. The van der Waals surface area contributed by atoms with Gasteiger partial charge in [-0.2, -0.15) is 0 Å². The fourth-order valence-electron chi connectivity index (χ4n) is 5.85. The van der Waals surface area contributed by atoms with Gasteiger partial charge in [-0.25, -0.2) is 0 Å². The molecule has 4 fully saturated rings. The van der Waals surface area contributed by atoms with Gasteiger partial charge in [0, 0.05) is 0 Å². The summed E-state index contributed by atoms with van der Waals surface area (Å²) in [5.74, 6) is 2.77. The maximum absolute atomic E-state index is 11.0. The second-order valence-corrected chi connectivity index (χ2v) is 7.93. The second kappa shape index (κ2) is 4.59. The molecule has 4 saturated carbocycles. The van der Waals surface area contributed by atoms with Crippen LogP contribution in [0.4, 0.5) is 0 Å². The summed E-state index contributed by atoms with van der Waals surface area (Å²) in [4.78, 5) is 0. The van der Waals surface area contributed by atoms with E-state index in [-0.39, 0.29) is 11.5 Å². The van der Waals surface area contributed by atoms with Crippen LogP contribution in [0.2, 0.25) is 0 Å². The monoisotopic (exact) mass is 270 g/mol. The lowest BCUT2D eigenvalue weighted by Crippen LogP contribution is -2.52. The third-order valence-electron chi connectivity index (χ3n) is 6.47. The Bertz CT molecular complexity index is 469. The fourth-order valence-corrected chi connectivity index (χ4v) is 5.85. The van der Waals surface area contributed by atoms with Crippen molar-refractivity contribution in [1.29, 1.82) is 0 Å². The lowest BCUT2D eigenvalue weighted by molar-refractivity contribution is -0.119. The number of hydrogen-bond donors (Lipinski definition) is 1. The quantitative estimate of drug-likeness (QED) is 0.876. The summed E-state index contributed by atoms with van der Waals surface area (Å²) >= 11 is 0. The minimum atomic E-state index is -0.128. The first-order valence-electron chi connectivity index (χ1n) is 8.37. The molecule has 0 spiro atoms. The molecule has 1 aromatic rings. The summed E-state index contributed by atoms with van der Waals surface area (Å²) < 4.78 is 0. The van der Waals surface area contributed by atoms with Crippen LogP contribution in [-0.2, 0) is 6.42 Å². The fraction of sp³-hybridized carbons (Fsp3) is 0.684. The molecule has 20 heavy (non-hydrogen) atoms. The van der Waals surface area contributed by atoms with Gasteiger partial charge in [0.25, 0.3) is 0 Å². The lowest BCUT2D eigenvalue weighted by atomic mass is 9.48. The smallest absolute Gasteiger partial charge is 0.0637 e. The Labute approximate surface area is 122 Å². The number of aliphatic hydroxyl groups excluding tert-OH is 1. The largest absolute Gasteiger partial charge is 0.392 e. The van der Waals surface area contributed by atoms with Gasteiger partial charge in [0.15, 0.2) is 0 Å². The molecule has 1 aromatic carbocycles. The van der Waals surface area contributed by atoms with E-state index in [1.807, 2.05) is 0 Å². The minimum Gasteiger partial charge on any atom is -0.392 e. The average molecular weight is 270 g/mol. The van der Waals surface area contributed by atoms with Crippen molar-refractivity contribution in [1.82, 2.24) is 0 Å². The molecule has 1 heteroatoms. The van der Waals surface area contributed by atoms with Crippen LogP contribution in [-0.4, -0.2) is 11.2 Å². The molecule has 0 saturated heterocycles. The van der Waals surface area contributed by atoms with Crippen molar-refractivity contribution < 1.29 is 5.11 Å². The molecule has 4 aliphatic rings. The molecule has 108 valence electrons. The van der Waals surface area contributed by atoms with E-state index < -0.39 is 0 Å². The van der Waals surface area contributed by atoms with Crippen LogP contribution in [0.3, 0.4) is 0 Å². The molecule has 0 heterocycles. The Morgan fingerprint density at radius 1 is 1.05 bits per heavy atom. The Kier molecular flexibility index (Phi) is 2.96. The molecule has 0 amide bonds. The zero-order valence-electron chi connectivity index (χ0n) is 12.5. The highest BCUT2D eigenvalue weighted by atomic mass is 16.3. The Hall–Kier alpha value is -0.820. The van der Waals surface area contributed by atoms with Gasteiger partial charge >= 0.3 is 0 Å². The van der Waals surface area contributed by atoms with Crippen LogP contribution in [0.25, 0.3) is 0 Å². The lowest BCUT2D eigenvalue weighted by Gasteiger charge is -2.58. The molecule has 1 nitrogen and oxygen atoms in total. The summed E-state index contributed by atoms with van der Waals surface area (Å²) in [6.07, 6.45) is 8.99. The van der Waals surface area contributed by atoms with E-state index in [4.69, 9.17) is 0 Å². The summed E-state index contributed by atoms with van der Waals surface area (Å²) in [6.45, 7) is 2.17. The highest BCUT2D eigenvalue weighted by molar-refractivity contribution is 5.26. The van der Waals surface area contributed by atoms with Crippen molar-refractivity contribution in [2.75, 3.05) is 0 Å². The van der Waals surface area contributed by atoms with Crippen molar-refractivity contribution in [3.05, 3.63) is 35.4 Å². The molecule has 1 N–H and O–H groups in total. The molecule has 0 radical (unpaired) electrons. The summed E-state index contributed by atoms with van der Waals surface area (Å²) in [7, 11) is 0. The molecule has 4 aliphatic carbocycles. The van der Waals surface area contributed by atoms with Crippen LogP contribution >= 0.6 is 0 Å². The number of benzene rings is 1. The van der Waals surface area contributed by atoms with Crippen molar-refractivity contribution in [3.8, 4) is 0 Å². The van der Waals surface area contributed by atoms with E-state index in [1.165, 1.54) is 49.7 Å². The van der Waals surface area contributed by atoms with Gasteiger partial charge in [0.1, 0.15) is 0 Å². The third kappa shape index (κ3) is 2.02. The number of rotatable bonds is 3. The summed E-state index contributed by atoms with van der Waals surface area (Å²) in [5, 5.41) is 11.0. The molecule has 1 atom stereocenters. The topological polar surface area (TPSA) is 20.2 Å². The predicted octanol–water partition coefficient (Wildman–Crippen LogP) is 4.11. The van der Waals surface area contributed by atoms with Gasteiger partial charge in [0.2, 0.25) is 0 Å². The van der Waals surface area contributed by atoms with Gasteiger partial charge in [0.05, 0.1) is 6.10 Å². The maximum Gasteiger partial charge on any atom is 0.0637 e. The van der Waals surface area contributed by atoms with Crippen LogP contribution in [0.1, 0.15) is 49.7 Å². The van der Waals surface area contributed by atoms with E-state index in [9.17, 15) is 5.11 Å². The van der Waals surface area contributed by atoms with E-state index in [0.29, 0.717) is 0 Å². The number of aryl methyl sites for hydroxylation is 1.